The van der Waals surface area contributed by atoms with Crippen LogP contribution >= 0.6 is 0 Å². The highest BCUT2D eigenvalue weighted by atomic mass is 16.2. The van der Waals surface area contributed by atoms with Crippen molar-refractivity contribution in [3.63, 3.8) is 0 Å². The van der Waals surface area contributed by atoms with Gasteiger partial charge in [0, 0.05) is 12.4 Å². The molecule has 2 aromatic rings. The normalized spacial score (nSPS) is 11.2. The minimum atomic E-state index is -0.740. The molecule has 0 bridgehead atoms. The van der Waals surface area contributed by atoms with E-state index in [0.29, 0.717) is 5.56 Å². The molecule has 0 spiro atoms. The van der Waals surface area contributed by atoms with Crippen molar-refractivity contribution in [3.05, 3.63) is 66.0 Å². The number of nitrogens with zero attached hydrogens (tertiary/aromatic N) is 1. The first-order chi connectivity index (χ1) is 11.6. The molecule has 0 aliphatic rings. The SMILES string of the molecule is NC(=O)NC(CC(=O)NNC(=O)c1cccnc1)c1ccccc1. The number of nitrogens with one attached hydrogen (secondary N) is 3. The molecule has 0 saturated heterocycles. The molecule has 2 rings (SSSR count). The van der Waals surface area contributed by atoms with Gasteiger partial charge in [-0.3, -0.25) is 25.4 Å². The van der Waals surface area contributed by atoms with Gasteiger partial charge in [0.1, 0.15) is 0 Å². The summed E-state index contributed by atoms with van der Waals surface area (Å²) in [6, 6.07) is 10.8. The van der Waals surface area contributed by atoms with Gasteiger partial charge in [-0.15, -0.1) is 0 Å². The van der Waals surface area contributed by atoms with Crippen LogP contribution in [0.15, 0.2) is 54.9 Å². The second kappa shape index (κ2) is 8.28. The van der Waals surface area contributed by atoms with Crippen LogP contribution < -0.4 is 21.9 Å². The first-order valence-corrected chi connectivity index (χ1v) is 7.16. The molecule has 0 fully saturated rings. The Bertz CT molecular complexity index is 706. The Morgan fingerprint density at radius 3 is 2.42 bits per heavy atom. The second-order valence-corrected chi connectivity index (χ2v) is 4.92. The van der Waals surface area contributed by atoms with Crippen LogP contribution in [0.5, 0.6) is 0 Å². The third-order valence-electron chi connectivity index (χ3n) is 3.15. The Kier molecular flexibility index (Phi) is 5.84. The Hall–Kier alpha value is -3.42. The Morgan fingerprint density at radius 2 is 1.79 bits per heavy atom. The largest absolute Gasteiger partial charge is 0.352 e. The van der Waals surface area contributed by atoms with E-state index >= 15 is 0 Å². The molecule has 0 aliphatic carbocycles. The summed E-state index contributed by atoms with van der Waals surface area (Å²) in [6.07, 6.45) is 2.83. The maximum absolute atomic E-state index is 12.0. The molecule has 24 heavy (non-hydrogen) atoms. The van der Waals surface area contributed by atoms with Gasteiger partial charge in [0.15, 0.2) is 0 Å². The number of benzene rings is 1. The van der Waals surface area contributed by atoms with E-state index in [2.05, 4.69) is 21.2 Å². The number of hydrogen-bond acceptors (Lipinski definition) is 4. The van der Waals surface area contributed by atoms with E-state index < -0.39 is 23.9 Å². The second-order valence-electron chi connectivity index (χ2n) is 4.92. The maximum atomic E-state index is 12.0. The number of carbonyl (C=O) groups is 3. The number of pyridine rings is 1. The Morgan fingerprint density at radius 1 is 1.04 bits per heavy atom. The van der Waals surface area contributed by atoms with Crippen LogP contribution in [-0.4, -0.2) is 22.8 Å². The fourth-order valence-electron chi connectivity index (χ4n) is 2.04. The molecule has 1 heterocycles. The van der Waals surface area contributed by atoms with Gasteiger partial charge in [-0.1, -0.05) is 30.3 Å². The van der Waals surface area contributed by atoms with Gasteiger partial charge in [0.2, 0.25) is 5.91 Å². The minimum absolute atomic E-state index is 0.0831. The minimum Gasteiger partial charge on any atom is -0.352 e. The first-order valence-electron chi connectivity index (χ1n) is 7.16. The third kappa shape index (κ3) is 5.09. The van der Waals surface area contributed by atoms with Crippen molar-refractivity contribution in [2.24, 2.45) is 5.73 Å². The summed E-state index contributed by atoms with van der Waals surface area (Å²) in [6.45, 7) is 0. The van der Waals surface area contributed by atoms with Gasteiger partial charge in [0.25, 0.3) is 5.91 Å². The zero-order chi connectivity index (χ0) is 17.4. The average molecular weight is 327 g/mol. The number of carbonyl (C=O) groups excluding carboxylic acids is 3. The summed E-state index contributed by atoms with van der Waals surface area (Å²) in [4.78, 5) is 38.8. The third-order valence-corrected chi connectivity index (χ3v) is 3.15. The van der Waals surface area contributed by atoms with Crippen LogP contribution in [0, 0.1) is 0 Å². The molecule has 5 N–H and O–H groups in total. The van der Waals surface area contributed by atoms with E-state index in [1.54, 1.807) is 36.4 Å². The topological polar surface area (TPSA) is 126 Å². The monoisotopic (exact) mass is 327 g/mol. The fraction of sp³-hybridized carbons (Fsp3) is 0.125. The molecule has 0 aliphatic heterocycles. The molecule has 1 aromatic carbocycles. The number of nitrogens with two attached hydrogens (primary N) is 1. The molecule has 1 atom stereocenters. The molecule has 1 unspecified atom stereocenters. The summed E-state index contributed by atoms with van der Waals surface area (Å²) in [7, 11) is 0. The number of rotatable bonds is 5. The lowest BCUT2D eigenvalue weighted by atomic mass is 10.0. The van der Waals surface area contributed by atoms with Crippen molar-refractivity contribution >= 4 is 17.8 Å². The summed E-state index contributed by atoms with van der Waals surface area (Å²) in [5.74, 6) is -0.967. The number of urea groups is 1. The van der Waals surface area contributed by atoms with E-state index in [4.69, 9.17) is 5.73 Å². The predicted octanol–water partition coefficient (Wildman–Crippen LogP) is 0.642. The van der Waals surface area contributed by atoms with Crippen LogP contribution in [-0.2, 0) is 4.79 Å². The molecular weight excluding hydrogens is 310 g/mol. The van der Waals surface area contributed by atoms with Gasteiger partial charge in [-0.25, -0.2) is 4.79 Å². The van der Waals surface area contributed by atoms with Crippen molar-refractivity contribution in [3.8, 4) is 0 Å². The summed E-state index contributed by atoms with van der Waals surface area (Å²) < 4.78 is 0. The highest BCUT2D eigenvalue weighted by Gasteiger charge is 2.17. The first kappa shape index (κ1) is 16.9. The summed E-state index contributed by atoms with van der Waals surface area (Å²) in [5.41, 5.74) is 10.8. The van der Waals surface area contributed by atoms with Crippen molar-refractivity contribution in [1.82, 2.24) is 21.2 Å². The highest BCUT2D eigenvalue weighted by Crippen LogP contribution is 2.15. The molecule has 0 radical (unpaired) electrons. The lowest BCUT2D eigenvalue weighted by Gasteiger charge is -2.17. The van der Waals surface area contributed by atoms with Crippen LogP contribution in [0.4, 0.5) is 4.79 Å². The molecule has 1 aromatic heterocycles. The zero-order valence-electron chi connectivity index (χ0n) is 12.7. The Balaban J connectivity index is 1.93. The van der Waals surface area contributed by atoms with E-state index in [-0.39, 0.29) is 6.42 Å². The van der Waals surface area contributed by atoms with Gasteiger partial charge in [-0.2, -0.15) is 0 Å². The van der Waals surface area contributed by atoms with E-state index in [1.807, 2.05) is 6.07 Å². The lowest BCUT2D eigenvalue weighted by molar-refractivity contribution is -0.122. The maximum Gasteiger partial charge on any atom is 0.312 e. The molecule has 0 saturated carbocycles. The van der Waals surface area contributed by atoms with E-state index in [9.17, 15) is 14.4 Å². The van der Waals surface area contributed by atoms with Crippen molar-refractivity contribution < 1.29 is 14.4 Å². The van der Waals surface area contributed by atoms with Gasteiger partial charge >= 0.3 is 6.03 Å². The molecule has 8 nitrogen and oxygen atoms in total. The number of hydrazine groups is 1. The predicted molar refractivity (Wildman–Crippen MR) is 86.4 cm³/mol. The van der Waals surface area contributed by atoms with Crippen LogP contribution in [0.2, 0.25) is 0 Å². The zero-order valence-corrected chi connectivity index (χ0v) is 12.7. The summed E-state index contributed by atoms with van der Waals surface area (Å²) in [5, 5.41) is 2.50. The lowest BCUT2D eigenvalue weighted by Crippen LogP contribution is -2.44. The highest BCUT2D eigenvalue weighted by molar-refractivity contribution is 5.95. The van der Waals surface area contributed by atoms with Gasteiger partial charge in [0.05, 0.1) is 18.0 Å². The molecule has 4 amide bonds. The van der Waals surface area contributed by atoms with Crippen LogP contribution in [0.1, 0.15) is 28.4 Å². The molecule has 8 heteroatoms. The number of hydrogen-bond donors (Lipinski definition) is 4. The number of aromatic nitrogens is 1. The average Bonchev–Trinajstić information content (AvgIpc) is 2.60. The van der Waals surface area contributed by atoms with Crippen molar-refractivity contribution in [1.29, 1.82) is 0 Å². The van der Waals surface area contributed by atoms with Crippen molar-refractivity contribution in [2.45, 2.75) is 12.5 Å². The van der Waals surface area contributed by atoms with E-state index in [1.165, 1.54) is 12.4 Å². The van der Waals surface area contributed by atoms with Gasteiger partial charge in [-0.05, 0) is 17.7 Å². The molecule has 124 valence electrons. The fourth-order valence-corrected chi connectivity index (χ4v) is 2.04. The van der Waals surface area contributed by atoms with E-state index in [0.717, 1.165) is 5.56 Å². The molecular formula is C16H17N5O3. The van der Waals surface area contributed by atoms with Gasteiger partial charge < -0.3 is 11.1 Å². The number of primary amides is 1. The summed E-state index contributed by atoms with van der Waals surface area (Å²) >= 11 is 0. The number of amides is 4. The van der Waals surface area contributed by atoms with Crippen molar-refractivity contribution in [2.75, 3.05) is 0 Å². The Labute approximate surface area is 138 Å². The van der Waals surface area contributed by atoms with Crippen LogP contribution in [0.25, 0.3) is 0 Å². The van der Waals surface area contributed by atoms with Crippen LogP contribution in [0.3, 0.4) is 0 Å². The quantitative estimate of drug-likeness (QED) is 0.601. The standard InChI is InChI=1S/C16H17N5O3/c17-16(24)19-13(11-5-2-1-3-6-11)9-14(22)20-21-15(23)12-7-4-8-18-10-12/h1-8,10,13H,9H2,(H,20,22)(H,21,23)(H3,17,19,24). The smallest absolute Gasteiger partial charge is 0.312 e.